The molecule has 0 bridgehead atoms. The minimum Gasteiger partial charge on any atom is -0.493 e. The summed E-state index contributed by atoms with van der Waals surface area (Å²) in [5.41, 5.74) is 0.294. The summed E-state index contributed by atoms with van der Waals surface area (Å²) in [6.45, 7) is 3.71. The number of esters is 1. The van der Waals surface area contributed by atoms with Gasteiger partial charge >= 0.3 is 5.97 Å². The molecule has 1 aliphatic heterocycles. The van der Waals surface area contributed by atoms with Gasteiger partial charge in [-0.1, -0.05) is 6.92 Å². The Morgan fingerprint density at radius 3 is 2.93 bits per heavy atom. The summed E-state index contributed by atoms with van der Waals surface area (Å²) >= 11 is 0. The normalized spacial score (nSPS) is 24.6. The molecule has 74 valence electrons. The van der Waals surface area contributed by atoms with Crippen LogP contribution in [0.15, 0.2) is 12.1 Å². The van der Waals surface area contributed by atoms with E-state index < -0.39 is 5.60 Å². The van der Waals surface area contributed by atoms with E-state index in [0.29, 0.717) is 17.7 Å². The number of pyridine rings is 1. The van der Waals surface area contributed by atoms with Gasteiger partial charge in [0.1, 0.15) is 5.69 Å². The van der Waals surface area contributed by atoms with Gasteiger partial charge < -0.3 is 9.84 Å². The fourth-order valence-electron chi connectivity index (χ4n) is 1.56. The molecule has 0 aliphatic carbocycles. The van der Waals surface area contributed by atoms with E-state index in [0.717, 1.165) is 0 Å². The summed E-state index contributed by atoms with van der Waals surface area (Å²) in [7, 11) is 0. The number of fused-ring (bicyclic) bond motifs is 1. The molecule has 1 atom stereocenters. The highest BCUT2D eigenvalue weighted by atomic mass is 16.6. The fourth-order valence-corrected chi connectivity index (χ4v) is 1.56. The molecule has 0 spiro atoms. The Hall–Kier alpha value is -1.58. The standard InChI is InChI=1S/C10H11NO3/c1-3-10(2)8-6(9(13)14-10)4-5-7(12)11-8/h4-5H,3H2,1-2H3,(H,11,12). The van der Waals surface area contributed by atoms with Gasteiger partial charge in [-0.15, -0.1) is 0 Å². The summed E-state index contributed by atoms with van der Waals surface area (Å²) in [4.78, 5) is 15.3. The Morgan fingerprint density at radius 1 is 1.57 bits per heavy atom. The molecule has 0 aromatic carbocycles. The van der Waals surface area contributed by atoms with Crippen molar-refractivity contribution >= 4 is 5.97 Å². The Labute approximate surface area is 81.5 Å². The van der Waals surface area contributed by atoms with E-state index in [9.17, 15) is 9.90 Å². The Morgan fingerprint density at radius 2 is 2.29 bits per heavy atom. The summed E-state index contributed by atoms with van der Waals surface area (Å²) < 4.78 is 5.21. The number of rotatable bonds is 1. The third-order valence-electron chi connectivity index (χ3n) is 2.59. The average molecular weight is 193 g/mol. The first-order valence-electron chi connectivity index (χ1n) is 4.50. The van der Waals surface area contributed by atoms with E-state index in [4.69, 9.17) is 4.74 Å². The molecule has 0 saturated heterocycles. The monoisotopic (exact) mass is 193 g/mol. The predicted molar refractivity (Wildman–Crippen MR) is 49.0 cm³/mol. The molecule has 0 fully saturated rings. The lowest BCUT2D eigenvalue weighted by Gasteiger charge is -2.20. The Kier molecular flexibility index (Phi) is 1.74. The van der Waals surface area contributed by atoms with Crippen LogP contribution < -0.4 is 0 Å². The van der Waals surface area contributed by atoms with Gasteiger partial charge in [0, 0.05) is 6.07 Å². The molecule has 0 radical (unpaired) electrons. The predicted octanol–water partition coefficient (Wildman–Crippen LogP) is 1.58. The van der Waals surface area contributed by atoms with Crippen molar-refractivity contribution in [2.45, 2.75) is 25.9 Å². The largest absolute Gasteiger partial charge is 0.493 e. The van der Waals surface area contributed by atoms with Crippen molar-refractivity contribution < 1.29 is 14.6 Å². The van der Waals surface area contributed by atoms with E-state index in [1.165, 1.54) is 6.07 Å². The highest BCUT2D eigenvalue weighted by molar-refractivity contribution is 5.94. The zero-order chi connectivity index (χ0) is 10.3. The molecule has 1 N–H and O–H groups in total. The molecule has 1 aromatic rings. The van der Waals surface area contributed by atoms with Crippen molar-refractivity contribution in [1.29, 1.82) is 0 Å². The van der Waals surface area contributed by atoms with Crippen LogP contribution in [0.1, 0.15) is 36.3 Å². The first-order chi connectivity index (χ1) is 6.57. The highest BCUT2D eigenvalue weighted by Gasteiger charge is 2.41. The second kappa shape index (κ2) is 2.70. The number of cyclic esters (lactones) is 1. The van der Waals surface area contributed by atoms with Gasteiger partial charge in [-0.25, -0.2) is 9.78 Å². The molecule has 1 unspecified atom stereocenters. The quantitative estimate of drug-likeness (QED) is 0.688. The van der Waals surface area contributed by atoms with Crippen LogP contribution in [0.4, 0.5) is 0 Å². The number of aromatic hydroxyl groups is 1. The molecule has 2 rings (SSSR count). The lowest BCUT2D eigenvalue weighted by Crippen LogP contribution is -2.21. The maximum Gasteiger partial charge on any atom is 0.341 e. The van der Waals surface area contributed by atoms with Crippen molar-refractivity contribution in [2.75, 3.05) is 0 Å². The molecule has 2 heterocycles. The van der Waals surface area contributed by atoms with Crippen molar-refractivity contribution in [3.63, 3.8) is 0 Å². The molecule has 0 saturated carbocycles. The summed E-state index contributed by atoms with van der Waals surface area (Å²) in [6, 6.07) is 2.93. The lowest BCUT2D eigenvalue weighted by atomic mass is 9.97. The SMILES string of the molecule is CCC1(C)OC(=O)c2ccc(O)nc21. The number of ether oxygens (including phenoxy) is 1. The van der Waals surface area contributed by atoms with Crippen molar-refractivity contribution in [3.8, 4) is 5.88 Å². The summed E-state index contributed by atoms with van der Waals surface area (Å²) in [5.74, 6) is -0.446. The van der Waals surface area contributed by atoms with Crippen LogP contribution in [0.2, 0.25) is 0 Å². The van der Waals surface area contributed by atoms with Crippen LogP contribution >= 0.6 is 0 Å². The van der Waals surface area contributed by atoms with Crippen LogP contribution in [-0.2, 0) is 10.3 Å². The zero-order valence-corrected chi connectivity index (χ0v) is 8.07. The van der Waals surface area contributed by atoms with Gasteiger partial charge in [-0.2, -0.15) is 0 Å². The molecule has 1 aromatic heterocycles. The molecular formula is C10H11NO3. The van der Waals surface area contributed by atoms with Crippen molar-refractivity contribution in [1.82, 2.24) is 4.98 Å². The Bertz CT molecular complexity index is 402. The second-order valence-electron chi connectivity index (χ2n) is 3.54. The molecule has 4 nitrogen and oxygen atoms in total. The third-order valence-corrected chi connectivity index (χ3v) is 2.59. The number of hydrogen-bond donors (Lipinski definition) is 1. The Balaban J connectivity index is 2.62. The first-order valence-corrected chi connectivity index (χ1v) is 4.50. The molecule has 14 heavy (non-hydrogen) atoms. The second-order valence-corrected chi connectivity index (χ2v) is 3.54. The van der Waals surface area contributed by atoms with Crippen LogP contribution in [0.3, 0.4) is 0 Å². The number of carbonyl (C=O) groups is 1. The fraction of sp³-hybridized carbons (Fsp3) is 0.400. The lowest BCUT2D eigenvalue weighted by molar-refractivity contribution is -0.00238. The maximum atomic E-state index is 11.4. The third kappa shape index (κ3) is 1.07. The van der Waals surface area contributed by atoms with Gasteiger partial charge in [-0.05, 0) is 19.4 Å². The van der Waals surface area contributed by atoms with Gasteiger partial charge in [0.05, 0.1) is 5.56 Å². The van der Waals surface area contributed by atoms with Crippen molar-refractivity contribution in [2.24, 2.45) is 0 Å². The van der Waals surface area contributed by atoms with Gasteiger partial charge in [0.15, 0.2) is 5.60 Å². The number of nitrogens with zero attached hydrogens (tertiary/aromatic N) is 1. The number of hydrogen-bond acceptors (Lipinski definition) is 4. The van der Waals surface area contributed by atoms with Gasteiger partial charge in [0.2, 0.25) is 5.88 Å². The maximum absolute atomic E-state index is 11.4. The highest BCUT2D eigenvalue weighted by Crippen LogP contribution is 2.37. The van der Waals surface area contributed by atoms with E-state index in [1.807, 2.05) is 6.92 Å². The van der Waals surface area contributed by atoms with Crippen molar-refractivity contribution in [3.05, 3.63) is 23.4 Å². The summed E-state index contributed by atoms with van der Waals surface area (Å²) in [6.07, 6.45) is 0.641. The van der Waals surface area contributed by atoms with Crippen LogP contribution in [0, 0.1) is 0 Å². The minimum absolute atomic E-state index is 0.0817. The van der Waals surface area contributed by atoms with E-state index in [1.54, 1.807) is 13.0 Å². The van der Waals surface area contributed by atoms with E-state index in [-0.39, 0.29) is 11.8 Å². The molecular weight excluding hydrogens is 182 g/mol. The molecule has 0 amide bonds. The van der Waals surface area contributed by atoms with Crippen LogP contribution in [-0.4, -0.2) is 16.1 Å². The van der Waals surface area contributed by atoms with E-state index >= 15 is 0 Å². The number of aromatic nitrogens is 1. The molecule has 1 aliphatic rings. The zero-order valence-electron chi connectivity index (χ0n) is 8.07. The molecule has 4 heteroatoms. The minimum atomic E-state index is -0.689. The van der Waals surface area contributed by atoms with Crippen LogP contribution in [0.25, 0.3) is 0 Å². The van der Waals surface area contributed by atoms with Gasteiger partial charge in [0.25, 0.3) is 0 Å². The number of carbonyl (C=O) groups excluding carboxylic acids is 1. The van der Waals surface area contributed by atoms with Crippen LogP contribution in [0.5, 0.6) is 5.88 Å². The van der Waals surface area contributed by atoms with Gasteiger partial charge in [-0.3, -0.25) is 0 Å². The first kappa shape index (κ1) is 8.99. The van der Waals surface area contributed by atoms with E-state index in [2.05, 4.69) is 4.98 Å². The average Bonchev–Trinajstić information content (AvgIpc) is 2.40. The smallest absolute Gasteiger partial charge is 0.341 e. The summed E-state index contributed by atoms with van der Waals surface area (Å²) in [5, 5.41) is 9.23. The topological polar surface area (TPSA) is 59.4 Å².